The molecule has 5 nitrogen and oxygen atoms in total. The normalized spacial score (nSPS) is 27.2. The first-order valence-corrected chi connectivity index (χ1v) is 8.82. The lowest BCUT2D eigenvalue weighted by Crippen LogP contribution is -2.43. The van der Waals surface area contributed by atoms with Gasteiger partial charge in [-0.25, -0.2) is 0 Å². The smallest absolute Gasteiger partial charge is 0.286 e. The number of fused-ring (bicyclic) bond motifs is 1. The highest BCUT2D eigenvalue weighted by molar-refractivity contribution is 7.07. The highest BCUT2D eigenvalue weighted by Crippen LogP contribution is 2.41. The number of nitrogens with zero attached hydrogens (tertiary/aromatic N) is 1. The Bertz CT molecular complexity index is 655. The number of likely N-dealkylation sites (tertiary alicyclic amines) is 1. The molecule has 4 heterocycles. The van der Waals surface area contributed by atoms with Crippen LogP contribution in [-0.4, -0.2) is 43.7 Å². The van der Waals surface area contributed by atoms with Gasteiger partial charge in [-0.1, -0.05) is 0 Å². The number of ether oxygens (including phenoxy) is 1. The summed E-state index contributed by atoms with van der Waals surface area (Å²) >= 11 is 1.74. The average Bonchev–Trinajstić information content (AvgIpc) is 3.29. The second-order valence-corrected chi connectivity index (χ2v) is 7.32. The van der Waals surface area contributed by atoms with E-state index in [1.807, 2.05) is 0 Å². The van der Waals surface area contributed by atoms with Crippen molar-refractivity contribution in [3.8, 4) is 0 Å². The molecule has 1 amide bonds. The number of thiophene rings is 1. The number of hydrogen-bond donors (Lipinski definition) is 1. The van der Waals surface area contributed by atoms with Crippen LogP contribution in [0.5, 0.6) is 0 Å². The minimum absolute atomic E-state index is 0.0261. The Morgan fingerprint density at radius 1 is 1.48 bits per heavy atom. The van der Waals surface area contributed by atoms with E-state index in [1.54, 1.807) is 23.5 Å². The van der Waals surface area contributed by atoms with Gasteiger partial charge in [-0.2, -0.15) is 11.3 Å². The zero-order valence-electron chi connectivity index (χ0n) is 12.9. The molecule has 122 valence electrons. The minimum Gasteiger partial charge on any atom is -0.459 e. The van der Waals surface area contributed by atoms with E-state index in [1.165, 1.54) is 11.8 Å². The lowest BCUT2D eigenvalue weighted by Gasteiger charge is -2.27. The lowest BCUT2D eigenvalue weighted by atomic mass is 9.81. The van der Waals surface area contributed by atoms with Crippen LogP contribution < -0.4 is 5.32 Å². The molecule has 4 rings (SSSR count). The Hall–Kier alpha value is -1.63. The first-order chi connectivity index (χ1) is 11.3. The Kier molecular flexibility index (Phi) is 3.97. The van der Waals surface area contributed by atoms with Gasteiger partial charge in [0.05, 0.1) is 19.5 Å². The summed E-state index contributed by atoms with van der Waals surface area (Å²) in [5, 5.41) is 7.36. The third kappa shape index (κ3) is 2.94. The van der Waals surface area contributed by atoms with Gasteiger partial charge in [-0.05, 0) is 34.5 Å². The topological polar surface area (TPSA) is 54.7 Å². The third-order valence-corrected chi connectivity index (χ3v) is 5.66. The van der Waals surface area contributed by atoms with Crippen LogP contribution in [0.1, 0.15) is 16.1 Å². The van der Waals surface area contributed by atoms with Crippen molar-refractivity contribution in [3.63, 3.8) is 0 Å². The standard InChI is InChI=1S/C17H20N2O3S/c20-16(15-2-1-4-22-15)18-10-17-11-19(6-13-3-5-23-9-13)7-14(17)8-21-12-17/h1-5,9,14H,6-8,10-12H2,(H,18,20)/t14-,17+/m0/s1. The van der Waals surface area contributed by atoms with Crippen LogP contribution in [0, 0.1) is 11.3 Å². The molecule has 2 aliphatic rings. The molecular formula is C17H20N2O3S. The molecule has 6 heteroatoms. The van der Waals surface area contributed by atoms with Gasteiger partial charge < -0.3 is 14.5 Å². The van der Waals surface area contributed by atoms with Crippen LogP contribution in [0.15, 0.2) is 39.6 Å². The minimum atomic E-state index is -0.147. The Morgan fingerprint density at radius 2 is 2.43 bits per heavy atom. The van der Waals surface area contributed by atoms with Crippen molar-refractivity contribution >= 4 is 17.2 Å². The molecule has 0 spiro atoms. The van der Waals surface area contributed by atoms with Gasteiger partial charge in [0, 0.05) is 37.5 Å². The second kappa shape index (κ2) is 6.11. The third-order valence-electron chi connectivity index (χ3n) is 4.92. The SMILES string of the molecule is O=C(NC[C@@]12COC[C@@H]1CN(Cc1ccsc1)C2)c1ccco1. The summed E-state index contributed by atoms with van der Waals surface area (Å²) in [6.45, 7) is 5.12. The number of carbonyl (C=O) groups excluding carboxylic acids is 1. The van der Waals surface area contributed by atoms with Gasteiger partial charge >= 0.3 is 0 Å². The molecule has 1 N–H and O–H groups in total. The highest BCUT2D eigenvalue weighted by atomic mass is 32.1. The number of rotatable bonds is 5. The maximum Gasteiger partial charge on any atom is 0.286 e. The summed E-state index contributed by atoms with van der Waals surface area (Å²) in [4.78, 5) is 14.6. The Balaban J connectivity index is 1.40. The van der Waals surface area contributed by atoms with Gasteiger partial charge in [-0.15, -0.1) is 0 Å². The number of hydrogen-bond acceptors (Lipinski definition) is 5. The number of furan rings is 1. The van der Waals surface area contributed by atoms with E-state index in [-0.39, 0.29) is 11.3 Å². The van der Waals surface area contributed by atoms with Gasteiger partial charge in [0.25, 0.3) is 5.91 Å². The molecule has 0 unspecified atom stereocenters. The molecule has 2 atom stereocenters. The fourth-order valence-corrected chi connectivity index (χ4v) is 4.37. The molecule has 0 aliphatic carbocycles. The molecule has 0 saturated carbocycles. The summed E-state index contributed by atoms with van der Waals surface area (Å²) in [5.74, 6) is 0.703. The fraction of sp³-hybridized carbons (Fsp3) is 0.471. The zero-order chi connectivity index (χ0) is 15.7. The summed E-state index contributed by atoms with van der Waals surface area (Å²) in [6.07, 6.45) is 1.52. The van der Waals surface area contributed by atoms with Gasteiger partial charge in [-0.3, -0.25) is 9.69 Å². The maximum absolute atomic E-state index is 12.1. The molecular weight excluding hydrogens is 312 g/mol. The number of nitrogens with one attached hydrogen (secondary N) is 1. The highest BCUT2D eigenvalue weighted by Gasteiger charge is 2.50. The molecule has 2 saturated heterocycles. The number of amides is 1. The monoisotopic (exact) mass is 332 g/mol. The van der Waals surface area contributed by atoms with Crippen molar-refractivity contribution in [3.05, 3.63) is 46.5 Å². The largest absolute Gasteiger partial charge is 0.459 e. The van der Waals surface area contributed by atoms with Crippen molar-refractivity contribution in [1.82, 2.24) is 10.2 Å². The van der Waals surface area contributed by atoms with Gasteiger partial charge in [0.1, 0.15) is 0 Å². The van der Waals surface area contributed by atoms with Crippen LogP contribution in [0.4, 0.5) is 0 Å². The van der Waals surface area contributed by atoms with Crippen molar-refractivity contribution in [2.24, 2.45) is 11.3 Å². The Labute approximate surface area is 139 Å². The fourth-order valence-electron chi connectivity index (χ4n) is 3.71. The first-order valence-electron chi connectivity index (χ1n) is 7.88. The summed E-state index contributed by atoms with van der Waals surface area (Å²) in [7, 11) is 0. The molecule has 0 aromatic carbocycles. The molecule has 0 radical (unpaired) electrons. The van der Waals surface area contributed by atoms with E-state index in [2.05, 4.69) is 27.0 Å². The van der Waals surface area contributed by atoms with Gasteiger partial charge in [0.2, 0.25) is 0 Å². The van der Waals surface area contributed by atoms with Crippen LogP contribution in [-0.2, 0) is 11.3 Å². The van der Waals surface area contributed by atoms with Crippen LogP contribution in [0.25, 0.3) is 0 Å². The van der Waals surface area contributed by atoms with E-state index in [4.69, 9.17) is 9.15 Å². The number of carbonyl (C=O) groups is 1. The van der Waals surface area contributed by atoms with E-state index in [0.717, 1.165) is 32.8 Å². The van der Waals surface area contributed by atoms with Crippen molar-refractivity contribution in [2.45, 2.75) is 6.54 Å². The predicted octanol–water partition coefficient (Wildman–Crippen LogP) is 2.22. The molecule has 23 heavy (non-hydrogen) atoms. The quantitative estimate of drug-likeness (QED) is 0.912. The maximum atomic E-state index is 12.1. The summed E-state index contributed by atoms with van der Waals surface area (Å²) in [5.41, 5.74) is 1.39. The summed E-state index contributed by atoms with van der Waals surface area (Å²) < 4.78 is 10.9. The average molecular weight is 332 g/mol. The van der Waals surface area contributed by atoms with Crippen molar-refractivity contribution in [1.29, 1.82) is 0 Å². The van der Waals surface area contributed by atoms with E-state index < -0.39 is 0 Å². The van der Waals surface area contributed by atoms with Crippen LogP contribution in [0.2, 0.25) is 0 Å². The lowest BCUT2D eigenvalue weighted by molar-refractivity contribution is 0.0878. The van der Waals surface area contributed by atoms with Gasteiger partial charge in [0.15, 0.2) is 5.76 Å². The predicted molar refractivity (Wildman–Crippen MR) is 87.4 cm³/mol. The molecule has 0 bridgehead atoms. The first kappa shape index (κ1) is 14.9. The molecule has 2 fully saturated rings. The van der Waals surface area contributed by atoms with Crippen molar-refractivity contribution < 1.29 is 13.9 Å². The summed E-state index contributed by atoms with van der Waals surface area (Å²) in [6, 6.07) is 5.60. The van der Waals surface area contributed by atoms with E-state index in [9.17, 15) is 4.79 Å². The molecule has 2 aromatic heterocycles. The molecule has 2 aliphatic heterocycles. The Morgan fingerprint density at radius 3 is 3.22 bits per heavy atom. The van der Waals surface area contributed by atoms with Crippen LogP contribution >= 0.6 is 11.3 Å². The van der Waals surface area contributed by atoms with E-state index in [0.29, 0.717) is 18.2 Å². The molecule has 2 aromatic rings. The van der Waals surface area contributed by atoms with Crippen LogP contribution in [0.3, 0.4) is 0 Å². The van der Waals surface area contributed by atoms with Crippen molar-refractivity contribution in [2.75, 3.05) is 32.8 Å². The second-order valence-electron chi connectivity index (χ2n) is 6.54. The van der Waals surface area contributed by atoms with E-state index >= 15 is 0 Å². The zero-order valence-corrected chi connectivity index (χ0v) is 13.7.